The van der Waals surface area contributed by atoms with Crippen molar-refractivity contribution in [2.75, 3.05) is 5.73 Å². The molecule has 0 aliphatic carbocycles. The number of nitrogens with two attached hydrogens (primary N) is 1. The summed E-state index contributed by atoms with van der Waals surface area (Å²) in [5, 5.41) is 7.81. The van der Waals surface area contributed by atoms with Gasteiger partial charge in [-0.25, -0.2) is 4.98 Å². The minimum atomic E-state index is 0.389. The maximum absolute atomic E-state index is 5.39. The first-order chi connectivity index (χ1) is 5.75. The predicted octanol–water partition coefficient (Wildman–Crippen LogP) is -0.417. The molecule has 2 aromatic heterocycles. The lowest BCUT2D eigenvalue weighted by Gasteiger charge is -1.89. The van der Waals surface area contributed by atoms with E-state index >= 15 is 0 Å². The molecule has 6 heteroatoms. The molecule has 2 heterocycles. The summed E-state index contributed by atoms with van der Waals surface area (Å²) in [6, 6.07) is 0. The Labute approximate surface area is 68.6 Å². The van der Waals surface area contributed by atoms with E-state index in [1.54, 1.807) is 12.5 Å². The molecule has 0 saturated heterocycles. The van der Waals surface area contributed by atoms with Crippen molar-refractivity contribution in [3.63, 3.8) is 0 Å². The molecule has 12 heavy (non-hydrogen) atoms. The van der Waals surface area contributed by atoms with Gasteiger partial charge in [0.1, 0.15) is 0 Å². The standard InChI is InChI=1S/C6H8N6/c1-11-3-6(8-4-11)12-9-2-5(7)10-12/h2-4H,1H3,(H2,7,10). The molecule has 0 spiro atoms. The number of nitrogens with zero attached hydrogens (tertiary/aromatic N) is 5. The first kappa shape index (κ1) is 6.84. The van der Waals surface area contributed by atoms with Crippen LogP contribution in [-0.4, -0.2) is 24.5 Å². The summed E-state index contributed by atoms with van der Waals surface area (Å²) in [6.45, 7) is 0. The number of aromatic nitrogens is 5. The fourth-order valence-corrected chi connectivity index (χ4v) is 0.888. The third-order valence-electron chi connectivity index (χ3n) is 1.41. The second-order valence-electron chi connectivity index (χ2n) is 2.46. The van der Waals surface area contributed by atoms with Crippen molar-refractivity contribution >= 4 is 5.82 Å². The Morgan fingerprint density at radius 2 is 2.33 bits per heavy atom. The highest BCUT2D eigenvalue weighted by Gasteiger charge is 2.01. The van der Waals surface area contributed by atoms with Gasteiger partial charge in [-0.3, -0.25) is 0 Å². The number of aryl methyl sites for hydroxylation is 1. The largest absolute Gasteiger partial charge is 0.381 e. The van der Waals surface area contributed by atoms with Crippen molar-refractivity contribution in [1.29, 1.82) is 0 Å². The second kappa shape index (κ2) is 2.33. The molecule has 62 valence electrons. The number of anilines is 1. The average Bonchev–Trinajstić information content (AvgIpc) is 2.58. The van der Waals surface area contributed by atoms with E-state index in [0.717, 1.165) is 0 Å². The SMILES string of the molecule is Cn1cnc(-n2ncc(N)n2)c1. The van der Waals surface area contributed by atoms with Crippen LogP contribution in [0.25, 0.3) is 5.82 Å². The van der Waals surface area contributed by atoms with Crippen LogP contribution in [-0.2, 0) is 7.05 Å². The van der Waals surface area contributed by atoms with Crippen LogP contribution in [0.15, 0.2) is 18.7 Å². The van der Waals surface area contributed by atoms with E-state index in [9.17, 15) is 0 Å². The van der Waals surface area contributed by atoms with Crippen molar-refractivity contribution in [2.45, 2.75) is 0 Å². The summed E-state index contributed by atoms with van der Waals surface area (Å²) in [4.78, 5) is 5.43. The lowest BCUT2D eigenvalue weighted by molar-refractivity contribution is 0.735. The molecular formula is C6H8N6. The minimum Gasteiger partial charge on any atom is -0.381 e. The Bertz CT molecular complexity index is 348. The number of hydrogen-bond acceptors (Lipinski definition) is 4. The van der Waals surface area contributed by atoms with Crippen LogP contribution in [0, 0.1) is 0 Å². The van der Waals surface area contributed by atoms with Gasteiger partial charge >= 0.3 is 0 Å². The molecule has 0 bridgehead atoms. The van der Waals surface area contributed by atoms with Gasteiger partial charge in [0.2, 0.25) is 0 Å². The Morgan fingerprint density at radius 1 is 1.50 bits per heavy atom. The van der Waals surface area contributed by atoms with Crippen molar-refractivity contribution in [1.82, 2.24) is 24.5 Å². The van der Waals surface area contributed by atoms with Crippen LogP contribution < -0.4 is 5.73 Å². The second-order valence-corrected chi connectivity index (χ2v) is 2.46. The Kier molecular flexibility index (Phi) is 1.33. The van der Waals surface area contributed by atoms with Gasteiger partial charge in [0.25, 0.3) is 0 Å². The summed E-state index contributed by atoms with van der Waals surface area (Å²) in [5.41, 5.74) is 5.39. The van der Waals surface area contributed by atoms with E-state index in [0.29, 0.717) is 11.6 Å². The lowest BCUT2D eigenvalue weighted by atomic mass is 10.8. The van der Waals surface area contributed by atoms with E-state index < -0.39 is 0 Å². The third-order valence-corrected chi connectivity index (χ3v) is 1.41. The average molecular weight is 164 g/mol. The molecule has 6 nitrogen and oxygen atoms in total. The lowest BCUT2D eigenvalue weighted by Crippen LogP contribution is -1.99. The van der Waals surface area contributed by atoms with Crippen molar-refractivity contribution in [3.05, 3.63) is 18.7 Å². The molecule has 0 fully saturated rings. The molecule has 0 radical (unpaired) electrons. The summed E-state index contributed by atoms with van der Waals surface area (Å²) < 4.78 is 1.81. The highest BCUT2D eigenvalue weighted by molar-refractivity contribution is 5.23. The van der Waals surface area contributed by atoms with Gasteiger partial charge in [-0.1, -0.05) is 0 Å². The van der Waals surface area contributed by atoms with E-state index in [-0.39, 0.29) is 0 Å². The van der Waals surface area contributed by atoms with Gasteiger partial charge in [0, 0.05) is 7.05 Å². The normalized spacial score (nSPS) is 10.4. The Hall–Kier alpha value is -1.85. The highest BCUT2D eigenvalue weighted by atomic mass is 15.5. The Balaban J connectivity index is 2.43. The molecule has 0 atom stereocenters. The Morgan fingerprint density at radius 3 is 2.83 bits per heavy atom. The van der Waals surface area contributed by atoms with Crippen molar-refractivity contribution in [3.8, 4) is 5.82 Å². The van der Waals surface area contributed by atoms with Crippen LogP contribution in [0.4, 0.5) is 5.82 Å². The molecule has 2 rings (SSSR count). The number of imidazole rings is 1. The van der Waals surface area contributed by atoms with Crippen molar-refractivity contribution in [2.24, 2.45) is 7.05 Å². The van der Waals surface area contributed by atoms with E-state index in [2.05, 4.69) is 15.2 Å². The monoisotopic (exact) mass is 164 g/mol. The molecule has 2 N–H and O–H groups in total. The minimum absolute atomic E-state index is 0.389. The number of nitrogen functional groups attached to an aromatic ring is 1. The van der Waals surface area contributed by atoms with Gasteiger partial charge in [-0.2, -0.15) is 5.10 Å². The number of rotatable bonds is 1. The van der Waals surface area contributed by atoms with Crippen LogP contribution in [0.3, 0.4) is 0 Å². The zero-order valence-corrected chi connectivity index (χ0v) is 6.55. The summed E-state index contributed by atoms with van der Waals surface area (Å²) in [5.74, 6) is 1.05. The van der Waals surface area contributed by atoms with Crippen LogP contribution in [0.2, 0.25) is 0 Å². The van der Waals surface area contributed by atoms with Gasteiger partial charge in [0.05, 0.1) is 18.7 Å². The van der Waals surface area contributed by atoms with Gasteiger partial charge in [-0.05, 0) is 0 Å². The van der Waals surface area contributed by atoms with Gasteiger partial charge < -0.3 is 10.3 Å². The smallest absolute Gasteiger partial charge is 0.192 e. The quantitative estimate of drug-likeness (QED) is 0.621. The maximum atomic E-state index is 5.39. The van der Waals surface area contributed by atoms with E-state index in [1.165, 1.54) is 11.0 Å². The molecule has 0 aliphatic heterocycles. The summed E-state index contributed by atoms with van der Waals surface area (Å²) >= 11 is 0. The van der Waals surface area contributed by atoms with Crippen LogP contribution in [0.1, 0.15) is 0 Å². The fraction of sp³-hybridized carbons (Fsp3) is 0.167. The molecule has 0 amide bonds. The molecule has 2 aromatic rings. The number of hydrogen-bond donors (Lipinski definition) is 1. The molecule has 0 aromatic carbocycles. The first-order valence-corrected chi connectivity index (χ1v) is 3.42. The summed E-state index contributed by atoms with van der Waals surface area (Å²) in [7, 11) is 1.88. The summed E-state index contributed by atoms with van der Waals surface area (Å²) in [6.07, 6.45) is 4.96. The molecule has 0 aliphatic rings. The predicted molar refractivity (Wildman–Crippen MR) is 42.5 cm³/mol. The van der Waals surface area contributed by atoms with Gasteiger partial charge in [0.15, 0.2) is 11.6 Å². The van der Waals surface area contributed by atoms with Crippen LogP contribution >= 0.6 is 0 Å². The molecular weight excluding hydrogens is 156 g/mol. The zero-order valence-electron chi connectivity index (χ0n) is 6.55. The highest BCUT2D eigenvalue weighted by Crippen LogP contribution is 2.00. The van der Waals surface area contributed by atoms with Gasteiger partial charge in [-0.15, -0.1) is 9.90 Å². The third kappa shape index (κ3) is 1.03. The molecule has 0 saturated carbocycles. The molecule has 0 unspecified atom stereocenters. The van der Waals surface area contributed by atoms with E-state index in [1.807, 2.05) is 11.6 Å². The van der Waals surface area contributed by atoms with Crippen LogP contribution in [0.5, 0.6) is 0 Å². The fourth-order valence-electron chi connectivity index (χ4n) is 0.888. The first-order valence-electron chi connectivity index (χ1n) is 3.42. The zero-order chi connectivity index (χ0) is 8.55. The maximum Gasteiger partial charge on any atom is 0.192 e. The van der Waals surface area contributed by atoms with Crippen molar-refractivity contribution < 1.29 is 0 Å². The topological polar surface area (TPSA) is 74.5 Å². The van der Waals surface area contributed by atoms with E-state index in [4.69, 9.17) is 5.73 Å².